The molecule has 2 aliphatic rings. The summed E-state index contributed by atoms with van der Waals surface area (Å²) >= 11 is 0. The molecule has 1 unspecified atom stereocenters. The van der Waals surface area contributed by atoms with E-state index in [0.717, 1.165) is 44.5 Å². The van der Waals surface area contributed by atoms with Crippen molar-refractivity contribution >= 4 is 11.8 Å². The molecule has 0 radical (unpaired) electrons. The molecule has 7 nitrogen and oxygen atoms in total. The van der Waals surface area contributed by atoms with Gasteiger partial charge in [-0.1, -0.05) is 25.7 Å². The van der Waals surface area contributed by atoms with Crippen molar-refractivity contribution < 1.29 is 14.3 Å². The first-order chi connectivity index (χ1) is 13.1. The molecule has 150 valence electrons. The van der Waals surface area contributed by atoms with Crippen LogP contribution < -0.4 is 10.6 Å². The number of nitrogens with zero attached hydrogens (tertiary/aromatic N) is 2. The summed E-state index contributed by atoms with van der Waals surface area (Å²) in [4.78, 5) is 27.0. The summed E-state index contributed by atoms with van der Waals surface area (Å²) < 4.78 is 7.52. The fourth-order valence-electron chi connectivity index (χ4n) is 4.07. The summed E-state index contributed by atoms with van der Waals surface area (Å²) in [7, 11) is 2.00. The van der Waals surface area contributed by atoms with Gasteiger partial charge in [0, 0.05) is 44.6 Å². The lowest BCUT2D eigenvalue weighted by Gasteiger charge is -2.34. The molecular formula is C20H32N4O3. The molecule has 0 bridgehead atoms. The van der Waals surface area contributed by atoms with E-state index in [1.807, 2.05) is 19.3 Å². The van der Waals surface area contributed by atoms with E-state index in [0.29, 0.717) is 19.8 Å². The number of ether oxygens (including phenoxy) is 1. The van der Waals surface area contributed by atoms with E-state index >= 15 is 0 Å². The van der Waals surface area contributed by atoms with Crippen LogP contribution in [-0.2, 0) is 21.4 Å². The zero-order valence-corrected chi connectivity index (χ0v) is 16.3. The van der Waals surface area contributed by atoms with E-state index in [-0.39, 0.29) is 12.1 Å². The summed E-state index contributed by atoms with van der Waals surface area (Å²) in [5.74, 6) is -1.04. The van der Waals surface area contributed by atoms with Gasteiger partial charge in [0.05, 0.1) is 19.3 Å². The highest BCUT2D eigenvalue weighted by Gasteiger charge is 2.26. The Balaban J connectivity index is 1.56. The lowest BCUT2D eigenvalue weighted by atomic mass is 10.1. The Hall–Kier alpha value is -1.86. The van der Waals surface area contributed by atoms with Gasteiger partial charge < -0.3 is 19.9 Å². The first-order valence-corrected chi connectivity index (χ1v) is 10.2. The number of hydrogen-bond donors (Lipinski definition) is 2. The van der Waals surface area contributed by atoms with Gasteiger partial charge in [0.25, 0.3) is 0 Å². The summed E-state index contributed by atoms with van der Waals surface area (Å²) in [6.45, 7) is 3.43. The van der Waals surface area contributed by atoms with E-state index in [4.69, 9.17) is 4.74 Å². The fraction of sp³-hybridized carbons (Fsp3) is 0.700. The quantitative estimate of drug-likeness (QED) is 0.601. The molecule has 3 rings (SSSR count). The van der Waals surface area contributed by atoms with Crippen molar-refractivity contribution in [2.45, 2.75) is 50.6 Å². The SMILES string of the molecule is Cn1cccc1C(CNC(=O)C(=O)NC1CCCCCC1)N1CCOCC1. The molecule has 1 saturated heterocycles. The summed E-state index contributed by atoms with van der Waals surface area (Å²) in [6.07, 6.45) is 8.63. The van der Waals surface area contributed by atoms with Gasteiger partial charge >= 0.3 is 11.8 Å². The Morgan fingerprint density at radius 3 is 2.48 bits per heavy atom. The first kappa shape index (κ1) is 19.9. The van der Waals surface area contributed by atoms with Gasteiger partial charge in [-0.25, -0.2) is 0 Å². The van der Waals surface area contributed by atoms with E-state index in [2.05, 4.69) is 26.2 Å². The number of rotatable bonds is 5. The van der Waals surface area contributed by atoms with Crippen molar-refractivity contribution in [3.05, 3.63) is 24.0 Å². The van der Waals surface area contributed by atoms with Gasteiger partial charge in [-0.3, -0.25) is 14.5 Å². The molecule has 1 aliphatic heterocycles. The molecule has 7 heteroatoms. The average Bonchev–Trinajstić information content (AvgIpc) is 2.94. The van der Waals surface area contributed by atoms with Gasteiger partial charge in [0.1, 0.15) is 0 Å². The maximum Gasteiger partial charge on any atom is 0.309 e. The monoisotopic (exact) mass is 376 g/mol. The number of hydrogen-bond acceptors (Lipinski definition) is 4. The zero-order chi connectivity index (χ0) is 19.1. The maximum atomic E-state index is 12.4. The Bertz CT molecular complexity index is 616. The second kappa shape index (κ2) is 9.90. The standard InChI is InChI=1S/C20H32N4O3/c1-23-10-6-9-17(23)18(24-11-13-27-14-12-24)15-21-19(25)20(26)22-16-7-4-2-3-5-8-16/h6,9-10,16,18H,2-5,7-8,11-15H2,1H3,(H,21,25)(H,22,26). The van der Waals surface area contributed by atoms with Gasteiger partial charge in [-0.15, -0.1) is 0 Å². The fourth-order valence-corrected chi connectivity index (χ4v) is 4.07. The highest BCUT2D eigenvalue weighted by Crippen LogP contribution is 2.21. The average molecular weight is 377 g/mol. The molecule has 2 amide bonds. The second-order valence-electron chi connectivity index (χ2n) is 7.58. The van der Waals surface area contributed by atoms with Crippen molar-refractivity contribution in [3.63, 3.8) is 0 Å². The third kappa shape index (κ3) is 5.56. The van der Waals surface area contributed by atoms with E-state index in [1.54, 1.807) is 0 Å². The number of nitrogens with one attached hydrogen (secondary N) is 2. The Morgan fingerprint density at radius 1 is 1.15 bits per heavy atom. The van der Waals surface area contributed by atoms with Crippen LogP contribution in [0.2, 0.25) is 0 Å². The molecule has 2 N–H and O–H groups in total. The lowest BCUT2D eigenvalue weighted by Crippen LogP contribution is -2.48. The molecule has 1 aliphatic carbocycles. The molecule has 2 fully saturated rings. The lowest BCUT2D eigenvalue weighted by molar-refractivity contribution is -0.139. The van der Waals surface area contributed by atoms with Gasteiger partial charge in [0.2, 0.25) is 0 Å². The van der Waals surface area contributed by atoms with Gasteiger partial charge in [0.15, 0.2) is 0 Å². The Morgan fingerprint density at radius 2 is 1.85 bits per heavy atom. The van der Waals surface area contributed by atoms with Gasteiger partial charge in [-0.2, -0.15) is 0 Å². The predicted molar refractivity (Wildman–Crippen MR) is 103 cm³/mol. The minimum absolute atomic E-state index is 0.0310. The van der Waals surface area contributed by atoms with Crippen molar-refractivity contribution in [3.8, 4) is 0 Å². The number of carbonyl (C=O) groups is 2. The highest BCUT2D eigenvalue weighted by atomic mass is 16.5. The number of carbonyl (C=O) groups excluding carboxylic acids is 2. The van der Waals surface area contributed by atoms with Crippen LogP contribution in [0.25, 0.3) is 0 Å². The van der Waals surface area contributed by atoms with Crippen LogP contribution in [0, 0.1) is 0 Å². The minimum atomic E-state index is -0.535. The van der Waals surface area contributed by atoms with Crippen LogP contribution in [0.4, 0.5) is 0 Å². The smallest absolute Gasteiger partial charge is 0.309 e. The molecule has 1 saturated carbocycles. The molecule has 1 atom stereocenters. The third-order valence-corrected chi connectivity index (χ3v) is 5.66. The predicted octanol–water partition coefficient (Wildman–Crippen LogP) is 1.35. The molecule has 27 heavy (non-hydrogen) atoms. The minimum Gasteiger partial charge on any atom is -0.379 e. The number of aryl methyl sites for hydroxylation is 1. The summed E-state index contributed by atoms with van der Waals surface area (Å²) in [5.41, 5.74) is 1.13. The molecule has 1 aromatic rings. The maximum absolute atomic E-state index is 12.4. The van der Waals surface area contributed by atoms with Crippen LogP contribution >= 0.6 is 0 Å². The third-order valence-electron chi connectivity index (χ3n) is 5.66. The van der Waals surface area contributed by atoms with Crippen molar-refractivity contribution in [1.82, 2.24) is 20.1 Å². The number of amides is 2. The van der Waals surface area contributed by atoms with Crippen molar-refractivity contribution in [1.29, 1.82) is 0 Å². The number of morpholine rings is 1. The zero-order valence-electron chi connectivity index (χ0n) is 16.3. The van der Waals surface area contributed by atoms with Crippen LogP contribution in [0.15, 0.2) is 18.3 Å². The topological polar surface area (TPSA) is 75.6 Å². The summed E-state index contributed by atoms with van der Waals surface area (Å²) in [6, 6.07) is 4.23. The van der Waals surface area contributed by atoms with Crippen molar-refractivity contribution in [2.75, 3.05) is 32.8 Å². The Kier molecular flexibility index (Phi) is 7.29. The van der Waals surface area contributed by atoms with Gasteiger partial charge in [-0.05, 0) is 25.0 Å². The molecule has 0 aromatic carbocycles. The van der Waals surface area contributed by atoms with Crippen LogP contribution in [0.1, 0.15) is 50.3 Å². The van der Waals surface area contributed by atoms with Crippen LogP contribution in [-0.4, -0.2) is 60.2 Å². The molecule has 0 spiro atoms. The van der Waals surface area contributed by atoms with Crippen molar-refractivity contribution in [2.24, 2.45) is 7.05 Å². The van der Waals surface area contributed by atoms with Crippen LogP contribution in [0.3, 0.4) is 0 Å². The number of aromatic nitrogens is 1. The molecular weight excluding hydrogens is 344 g/mol. The summed E-state index contributed by atoms with van der Waals surface area (Å²) in [5, 5.41) is 5.77. The normalized spacial score (nSPS) is 20.6. The highest BCUT2D eigenvalue weighted by molar-refractivity contribution is 6.35. The van der Waals surface area contributed by atoms with E-state index in [1.165, 1.54) is 12.8 Å². The largest absolute Gasteiger partial charge is 0.379 e. The van der Waals surface area contributed by atoms with E-state index in [9.17, 15) is 9.59 Å². The second-order valence-corrected chi connectivity index (χ2v) is 7.58. The molecule has 2 heterocycles. The Labute approximate surface area is 161 Å². The van der Waals surface area contributed by atoms with E-state index < -0.39 is 11.8 Å². The van der Waals surface area contributed by atoms with Crippen LogP contribution in [0.5, 0.6) is 0 Å². The first-order valence-electron chi connectivity index (χ1n) is 10.2. The molecule has 1 aromatic heterocycles.